The largest absolute Gasteiger partial charge is 0.504 e. The van der Waals surface area contributed by atoms with Gasteiger partial charge in [-0.05, 0) is 31.0 Å². The molecule has 0 bridgehead atoms. The Morgan fingerprint density at radius 1 is 1.17 bits per heavy atom. The number of aromatic hydroxyl groups is 1. The first-order valence-corrected chi connectivity index (χ1v) is 7.20. The number of phenolic OH excluding ortho intramolecular Hbond substituents is 1. The van der Waals surface area contributed by atoms with E-state index >= 15 is 0 Å². The van der Waals surface area contributed by atoms with Crippen molar-refractivity contribution in [1.82, 2.24) is 0 Å². The Hall–Kier alpha value is -2.53. The van der Waals surface area contributed by atoms with E-state index in [4.69, 9.17) is 14.2 Å². The van der Waals surface area contributed by atoms with Crippen molar-refractivity contribution in [1.29, 1.82) is 0 Å². The third kappa shape index (κ3) is 4.02. The van der Waals surface area contributed by atoms with Gasteiger partial charge in [0.2, 0.25) is 0 Å². The zero-order chi connectivity index (χ0) is 16.8. The number of hydrogen-bond donors (Lipinski definition) is 1. The number of esters is 1. The summed E-state index contributed by atoms with van der Waals surface area (Å²) in [6.45, 7) is 3.62. The van der Waals surface area contributed by atoms with Crippen LogP contribution < -0.4 is 4.74 Å². The van der Waals surface area contributed by atoms with Gasteiger partial charge in [-0.15, -0.1) is 0 Å². The molecule has 0 saturated heterocycles. The molecule has 1 N–H and O–H groups in total. The molecule has 0 radical (unpaired) electrons. The molecule has 0 atom stereocenters. The van der Waals surface area contributed by atoms with Crippen molar-refractivity contribution in [3.63, 3.8) is 0 Å². The molecule has 0 aliphatic carbocycles. The van der Waals surface area contributed by atoms with Crippen molar-refractivity contribution in [3.05, 3.63) is 58.7 Å². The molecule has 0 aromatic heterocycles. The summed E-state index contributed by atoms with van der Waals surface area (Å²) in [6.07, 6.45) is 0. The van der Waals surface area contributed by atoms with Gasteiger partial charge in [0.1, 0.15) is 6.61 Å². The minimum atomic E-state index is -0.535. The Balaban J connectivity index is 2.21. The molecule has 0 aliphatic heterocycles. The van der Waals surface area contributed by atoms with Crippen molar-refractivity contribution >= 4 is 5.97 Å². The summed E-state index contributed by atoms with van der Waals surface area (Å²) in [6, 6.07) is 11.3. The minimum Gasteiger partial charge on any atom is -0.504 e. The molecule has 2 aromatic carbocycles. The van der Waals surface area contributed by atoms with Crippen LogP contribution in [0, 0.1) is 13.8 Å². The Labute approximate surface area is 135 Å². The molecular weight excluding hydrogens is 296 g/mol. The summed E-state index contributed by atoms with van der Waals surface area (Å²) < 4.78 is 15.3. The predicted octanol–water partition coefficient (Wildman–Crippen LogP) is 3.35. The van der Waals surface area contributed by atoms with Gasteiger partial charge >= 0.3 is 5.97 Å². The minimum absolute atomic E-state index is 0.0594. The van der Waals surface area contributed by atoms with Crippen molar-refractivity contribution < 1.29 is 24.1 Å². The highest BCUT2D eigenvalue weighted by atomic mass is 16.7. The Morgan fingerprint density at radius 2 is 1.87 bits per heavy atom. The van der Waals surface area contributed by atoms with Crippen LogP contribution in [0.15, 0.2) is 36.4 Å². The van der Waals surface area contributed by atoms with E-state index in [2.05, 4.69) is 0 Å². The van der Waals surface area contributed by atoms with Gasteiger partial charge in [-0.3, -0.25) is 0 Å². The molecule has 0 fully saturated rings. The average molecular weight is 316 g/mol. The number of ether oxygens (including phenoxy) is 3. The molecule has 122 valence electrons. The van der Waals surface area contributed by atoms with E-state index in [9.17, 15) is 9.90 Å². The summed E-state index contributed by atoms with van der Waals surface area (Å²) in [7, 11) is 1.44. The molecule has 0 aliphatic rings. The first-order chi connectivity index (χ1) is 11.0. The Morgan fingerprint density at radius 3 is 2.52 bits per heavy atom. The van der Waals surface area contributed by atoms with Crippen LogP contribution in [0.2, 0.25) is 0 Å². The van der Waals surface area contributed by atoms with Gasteiger partial charge in [-0.1, -0.05) is 30.3 Å². The molecule has 0 heterocycles. The maximum atomic E-state index is 12.0. The second kappa shape index (κ2) is 7.65. The molecule has 0 unspecified atom stereocenters. The van der Waals surface area contributed by atoms with E-state index in [1.807, 2.05) is 30.3 Å². The molecule has 5 heteroatoms. The van der Waals surface area contributed by atoms with Crippen LogP contribution in [0.3, 0.4) is 0 Å². The van der Waals surface area contributed by atoms with Crippen molar-refractivity contribution in [2.45, 2.75) is 20.5 Å². The maximum Gasteiger partial charge on any atom is 0.340 e. The smallest absolute Gasteiger partial charge is 0.340 e. The van der Waals surface area contributed by atoms with Gasteiger partial charge in [0, 0.05) is 12.7 Å². The SMILES string of the molecule is COCOC(=O)c1c(C)cc(OCc2ccccc2)c(O)c1C. The maximum absolute atomic E-state index is 12.0. The number of rotatable bonds is 6. The van der Waals surface area contributed by atoms with Crippen LogP contribution in [0.4, 0.5) is 0 Å². The molecule has 23 heavy (non-hydrogen) atoms. The van der Waals surface area contributed by atoms with Gasteiger partial charge in [0.05, 0.1) is 5.56 Å². The topological polar surface area (TPSA) is 65.0 Å². The number of benzene rings is 2. The van der Waals surface area contributed by atoms with Crippen molar-refractivity contribution in [3.8, 4) is 11.5 Å². The van der Waals surface area contributed by atoms with E-state index in [0.717, 1.165) is 5.56 Å². The summed E-state index contributed by atoms with van der Waals surface area (Å²) in [5.41, 5.74) is 2.41. The molecule has 0 amide bonds. The first-order valence-electron chi connectivity index (χ1n) is 7.20. The quantitative estimate of drug-likeness (QED) is 0.654. The number of aryl methyl sites for hydroxylation is 1. The van der Waals surface area contributed by atoms with Crippen molar-refractivity contribution in [2.24, 2.45) is 0 Å². The number of carbonyl (C=O) groups excluding carboxylic acids is 1. The molecular formula is C18H20O5. The standard InChI is InChI=1S/C18H20O5/c1-12-9-15(22-10-14-7-5-4-6-8-14)17(19)13(2)16(12)18(20)23-11-21-3/h4-9,19H,10-11H2,1-3H3. The van der Waals surface area contributed by atoms with Crippen LogP contribution in [0.5, 0.6) is 11.5 Å². The third-order valence-corrected chi connectivity index (χ3v) is 3.45. The summed E-state index contributed by atoms with van der Waals surface area (Å²) in [4.78, 5) is 12.0. The first kappa shape index (κ1) is 16.8. The van der Waals surface area contributed by atoms with Gasteiger partial charge < -0.3 is 19.3 Å². The number of carbonyl (C=O) groups is 1. The summed E-state index contributed by atoms with van der Waals surface area (Å²) in [5.74, 6) is -0.255. The second-order valence-electron chi connectivity index (χ2n) is 5.15. The Kier molecular flexibility index (Phi) is 5.60. The van der Waals surface area contributed by atoms with Crippen LogP contribution in [0.25, 0.3) is 0 Å². The molecule has 5 nitrogen and oxygen atoms in total. The lowest BCUT2D eigenvalue weighted by molar-refractivity contribution is -0.0126. The van der Waals surface area contributed by atoms with Crippen LogP contribution in [-0.2, 0) is 16.1 Å². The van der Waals surface area contributed by atoms with Crippen LogP contribution >= 0.6 is 0 Å². The predicted molar refractivity (Wildman–Crippen MR) is 85.6 cm³/mol. The zero-order valence-corrected chi connectivity index (χ0v) is 13.5. The van der Waals surface area contributed by atoms with E-state index in [1.165, 1.54) is 7.11 Å². The molecule has 2 rings (SSSR count). The van der Waals surface area contributed by atoms with Crippen LogP contribution in [0.1, 0.15) is 27.0 Å². The number of phenols is 1. The van der Waals surface area contributed by atoms with Gasteiger partial charge in [-0.25, -0.2) is 4.79 Å². The fourth-order valence-electron chi connectivity index (χ4n) is 2.28. The number of hydrogen-bond acceptors (Lipinski definition) is 5. The lowest BCUT2D eigenvalue weighted by atomic mass is 10.0. The van der Waals surface area contributed by atoms with E-state index < -0.39 is 5.97 Å². The summed E-state index contributed by atoms with van der Waals surface area (Å²) in [5, 5.41) is 10.3. The Bertz CT molecular complexity index is 680. The van der Waals surface area contributed by atoms with Gasteiger partial charge in [0.25, 0.3) is 0 Å². The average Bonchev–Trinajstić information content (AvgIpc) is 2.56. The molecule has 2 aromatic rings. The van der Waals surface area contributed by atoms with E-state index in [0.29, 0.717) is 29.0 Å². The fraction of sp³-hybridized carbons (Fsp3) is 0.278. The second-order valence-corrected chi connectivity index (χ2v) is 5.15. The molecule has 0 spiro atoms. The van der Waals surface area contributed by atoms with Crippen molar-refractivity contribution in [2.75, 3.05) is 13.9 Å². The number of methoxy groups -OCH3 is 1. The van der Waals surface area contributed by atoms with E-state index in [-0.39, 0.29) is 12.5 Å². The fourth-order valence-corrected chi connectivity index (χ4v) is 2.28. The zero-order valence-electron chi connectivity index (χ0n) is 13.5. The highest BCUT2D eigenvalue weighted by Gasteiger charge is 2.20. The highest BCUT2D eigenvalue weighted by molar-refractivity contribution is 5.94. The molecule has 0 saturated carbocycles. The summed E-state index contributed by atoms with van der Waals surface area (Å²) >= 11 is 0. The monoisotopic (exact) mass is 316 g/mol. The normalized spacial score (nSPS) is 10.4. The lowest BCUT2D eigenvalue weighted by Gasteiger charge is -2.15. The van der Waals surface area contributed by atoms with Crippen LogP contribution in [-0.4, -0.2) is 25.0 Å². The lowest BCUT2D eigenvalue weighted by Crippen LogP contribution is -2.11. The highest BCUT2D eigenvalue weighted by Crippen LogP contribution is 2.35. The van der Waals surface area contributed by atoms with Gasteiger partial charge in [0.15, 0.2) is 18.3 Å². The van der Waals surface area contributed by atoms with E-state index in [1.54, 1.807) is 19.9 Å². The third-order valence-electron chi connectivity index (χ3n) is 3.45. The van der Waals surface area contributed by atoms with Gasteiger partial charge in [-0.2, -0.15) is 0 Å².